The summed E-state index contributed by atoms with van der Waals surface area (Å²) < 4.78 is 3.21. The van der Waals surface area contributed by atoms with Crippen LogP contribution in [0, 0.1) is 6.92 Å². The molecule has 0 saturated heterocycles. The van der Waals surface area contributed by atoms with Gasteiger partial charge < -0.3 is 10.6 Å². The van der Waals surface area contributed by atoms with E-state index in [1.54, 1.807) is 59.1 Å². The molecule has 0 fully saturated rings. The maximum atomic E-state index is 12.1. The zero-order chi connectivity index (χ0) is 19.4. The maximum absolute atomic E-state index is 12.1. The molecule has 0 unspecified atom stereocenters. The van der Waals surface area contributed by atoms with Crippen LogP contribution < -0.4 is 10.6 Å². The normalized spacial score (nSPS) is 10.6. The number of nitrogens with zero attached hydrogens (tertiary/aromatic N) is 4. The number of hydrogen-bond donors (Lipinski definition) is 2. The van der Waals surface area contributed by atoms with Crippen LogP contribution in [0.4, 0.5) is 11.4 Å². The van der Waals surface area contributed by atoms with Crippen LogP contribution in [0.15, 0.2) is 42.7 Å². The molecule has 2 amide bonds. The molecular formula is C18H19ClN6O2. The van der Waals surface area contributed by atoms with E-state index in [-0.39, 0.29) is 18.2 Å². The van der Waals surface area contributed by atoms with Crippen LogP contribution in [0.1, 0.15) is 22.6 Å². The van der Waals surface area contributed by atoms with E-state index in [2.05, 4.69) is 20.8 Å². The number of anilines is 2. The molecular weight excluding hydrogens is 368 g/mol. The minimum Gasteiger partial charge on any atom is -0.326 e. The van der Waals surface area contributed by atoms with Crippen LogP contribution >= 0.6 is 11.6 Å². The van der Waals surface area contributed by atoms with Gasteiger partial charge in [0.1, 0.15) is 0 Å². The summed E-state index contributed by atoms with van der Waals surface area (Å²) in [5, 5.41) is 14.4. The highest BCUT2D eigenvalue weighted by Crippen LogP contribution is 2.15. The van der Waals surface area contributed by atoms with Gasteiger partial charge in [0.15, 0.2) is 5.69 Å². The summed E-state index contributed by atoms with van der Waals surface area (Å²) in [6.45, 7) is 2.25. The van der Waals surface area contributed by atoms with Crippen molar-refractivity contribution in [2.45, 2.75) is 19.9 Å². The van der Waals surface area contributed by atoms with E-state index in [4.69, 9.17) is 11.6 Å². The van der Waals surface area contributed by atoms with Gasteiger partial charge in [-0.2, -0.15) is 10.2 Å². The van der Waals surface area contributed by atoms with Crippen molar-refractivity contribution >= 4 is 34.8 Å². The monoisotopic (exact) mass is 386 g/mol. The summed E-state index contributed by atoms with van der Waals surface area (Å²) in [5.41, 5.74) is 2.33. The number of amides is 2. The molecule has 1 aromatic carbocycles. The van der Waals surface area contributed by atoms with Crippen molar-refractivity contribution in [2.24, 2.45) is 7.05 Å². The Kier molecular flexibility index (Phi) is 5.56. The van der Waals surface area contributed by atoms with E-state index in [1.165, 1.54) is 0 Å². The first-order valence-electron chi connectivity index (χ1n) is 8.31. The number of carbonyl (C=O) groups excluding carboxylic acids is 2. The minimum atomic E-state index is -0.291. The van der Waals surface area contributed by atoms with Crippen molar-refractivity contribution in [3.63, 3.8) is 0 Å². The zero-order valence-corrected chi connectivity index (χ0v) is 15.7. The predicted molar refractivity (Wildman–Crippen MR) is 103 cm³/mol. The summed E-state index contributed by atoms with van der Waals surface area (Å²) in [5.74, 6) is -0.426. The van der Waals surface area contributed by atoms with Gasteiger partial charge in [0.2, 0.25) is 5.91 Å². The van der Waals surface area contributed by atoms with Gasteiger partial charge in [-0.15, -0.1) is 0 Å². The maximum Gasteiger partial charge on any atom is 0.276 e. The topological polar surface area (TPSA) is 93.8 Å². The first-order chi connectivity index (χ1) is 12.9. The fourth-order valence-corrected chi connectivity index (χ4v) is 2.57. The fraction of sp³-hybridized carbons (Fsp3) is 0.222. The van der Waals surface area contributed by atoms with E-state index in [0.29, 0.717) is 28.6 Å². The number of nitrogens with one attached hydrogen (secondary N) is 2. The number of rotatable bonds is 6. The van der Waals surface area contributed by atoms with Gasteiger partial charge in [0, 0.05) is 43.8 Å². The Balaban J connectivity index is 1.50. The number of carbonyl (C=O) groups is 2. The van der Waals surface area contributed by atoms with E-state index >= 15 is 0 Å². The number of hydrogen-bond acceptors (Lipinski definition) is 4. The average molecular weight is 387 g/mol. The van der Waals surface area contributed by atoms with E-state index in [9.17, 15) is 9.59 Å². The molecule has 27 heavy (non-hydrogen) atoms. The number of benzene rings is 1. The summed E-state index contributed by atoms with van der Waals surface area (Å²) >= 11 is 5.95. The first kappa shape index (κ1) is 18.7. The molecule has 140 valence electrons. The third-order valence-corrected chi connectivity index (χ3v) is 4.20. The molecule has 0 aliphatic heterocycles. The smallest absolute Gasteiger partial charge is 0.276 e. The second kappa shape index (κ2) is 8.05. The van der Waals surface area contributed by atoms with Crippen LogP contribution in [0.3, 0.4) is 0 Å². The Bertz CT molecular complexity index is 941. The Labute approximate surface area is 161 Å². The lowest BCUT2D eigenvalue weighted by Gasteiger charge is -2.07. The SMILES string of the molecule is Cc1nn(CCC(=O)Nc2ccc(NC(=O)c3ccn(C)n3)cc2)cc1Cl. The summed E-state index contributed by atoms with van der Waals surface area (Å²) in [4.78, 5) is 24.1. The third kappa shape index (κ3) is 4.95. The molecule has 0 radical (unpaired) electrons. The second-order valence-corrected chi connectivity index (χ2v) is 6.44. The lowest BCUT2D eigenvalue weighted by Crippen LogP contribution is -2.15. The van der Waals surface area contributed by atoms with Gasteiger partial charge in [-0.25, -0.2) is 0 Å². The zero-order valence-electron chi connectivity index (χ0n) is 14.9. The number of aromatic nitrogens is 4. The third-order valence-electron chi connectivity index (χ3n) is 3.83. The van der Waals surface area contributed by atoms with Crippen molar-refractivity contribution in [1.29, 1.82) is 0 Å². The Morgan fingerprint density at radius 1 is 1.07 bits per heavy atom. The van der Waals surface area contributed by atoms with E-state index < -0.39 is 0 Å². The lowest BCUT2D eigenvalue weighted by molar-refractivity contribution is -0.116. The Morgan fingerprint density at radius 2 is 1.74 bits per heavy atom. The summed E-state index contributed by atoms with van der Waals surface area (Å²) in [6, 6.07) is 8.51. The van der Waals surface area contributed by atoms with Gasteiger partial charge in [-0.1, -0.05) is 11.6 Å². The van der Waals surface area contributed by atoms with Crippen LogP contribution in [-0.4, -0.2) is 31.4 Å². The number of halogens is 1. The summed E-state index contributed by atoms with van der Waals surface area (Å²) in [7, 11) is 1.75. The van der Waals surface area contributed by atoms with Crippen LogP contribution in [0.5, 0.6) is 0 Å². The Morgan fingerprint density at radius 3 is 2.30 bits per heavy atom. The van der Waals surface area contributed by atoms with Crippen molar-refractivity contribution in [3.8, 4) is 0 Å². The number of aryl methyl sites for hydroxylation is 3. The molecule has 0 saturated carbocycles. The molecule has 8 nitrogen and oxygen atoms in total. The molecule has 3 aromatic rings. The highest BCUT2D eigenvalue weighted by atomic mass is 35.5. The van der Waals surface area contributed by atoms with Crippen LogP contribution in [-0.2, 0) is 18.4 Å². The largest absolute Gasteiger partial charge is 0.326 e. The van der Waals surface area contributed by atoms with E-state index in [0.717, 1.165) is 5.69 Å². The van der Waals surface area contributed by atoms with Gasteiger partial charge in [-0.3, -0.25) is 19.0 Å². The van der Waals surface area contributed by atoms with Gasteiger partial charge >= 0.3 is 0 Å². The molecule has 3 rings (SSSR count). The highest BCUT2D eigenvalue weighted by Gasteiger charge is 2.10. The molecule has 2 aromatic heterocycles. The van der Waals surface area contributed by atoms with Gasteiger partial charge in [-0.05, 0) is 37.3 Å². The van der Waals surface area contributed by atoms with Gasteiger partial charge in [0.25, 0.3) is 5.91 Å². The van der Waals surface area contributed by atoms with Crippen molar-refractivity contribution in [2.75, 3.05) is 10.6 Å². The molecule has 0 atom stereocenters. The molecule has 2 N–H and O–H groups in total. The Hall–Kier alpha value is -3.13. The van der Waals surface area contributed by atoms with Crippen LogP contribution in [0.2, 0.25) is 5.02 Å². The van der Waals surface area contributed by atoms with E-state index in [1.807, 2.05) is 6.92 Å². The molecule has 0 aliphatic rings. The van der Waals surface area contributed by atoms with Crippen LogP contribution in [0.25, 0.3) is 0 Å². The molecule has 9 heteroatoms. The molecule has 0 bridgehead atoms. The fourth-order valence-electron chi connectivity index (χ4n) is 2.42. The molecule has 0 spiro atoms. The molecule has 0 aliphatic carbocycles. The summed E-state index contributed by atoms with van der Waals surface area (Å²) in [6.07, 6.45) is 3.67. The standard InChI is InChI=1S/C18H19ClN6O2/c1-12-15(19)11-25(22-12)10-8-17(26)20-13-3-5-14(6-4-13)21-18(27)16-7-9-24(2)23-16/h3-7,9,11H,8,10H2,1-2H3,(H,20,26)(H,21,27). The van der Waals surface area contributed by atoms with Gasteiger partial charge in [0.05, 0.1) is 10.7 Å². The minimum absolute atomic E-state index is 0.135. The van der Waals surface area contributed by atoms with Crippen molar-refractivity contribution in [3.05, 3.63) is 59.1 Å². The lowest BCUT2D eigenvalue weighted by atomic mass is 10.2. The van der Waals surface area contributed by atoms with Crippen molar-refractivity contribution in [1.82, 2.24) is 19.6 Å². The average Bonchev–Trinajstić information content (AvgIpc) is 3.20. The first-order valence-corrected chi connectivity index (χ1v) is 8.69. The predicted octanol–water partition coefficient (Wildman–Crippen LogP) is 2.86. The highest BCUT2D eigenvalue weighted by molar-refractivity contribution is 6.31. The van der Waals surface area contributed by atoms with Crippen molar-refractivity contribution < 1.29 is 9.59 Å². The quantitative estimate of drug-likeness (QED) is 0.681. The molecule has 2 heterocycles. The second-order valence-electron chi connectivity index (χ2n) is 6.03.